The zero-order chi connectivity index (χ0) is 19.0. The van der Waals surface area contributed by atoms with Gasteiger partial charge in [-0.15, -0.1) is 11.3 Å². The third-order valence-electron chi connectivity index (χ3n) is 4.29. The third kappa shape index (κ3) is 3.63. The van der Waals surface area contributed by atoms with E-state index in [-0.39, 0.29) is 24.1 Å². The van der Waals surface area contributed by atoms with Gasteiger partial charge in [0.2, 0.25) is 5.91 Å². The van der Waals surface area contributed by atoms with Gasteiger partial charge in [-0.1, -0.05) is 29.3 Å². The van der Waals surface area contributed by atoms with Crippen LogP contribution in [-0.2, 0) is 11.3 Å². The monoisotopic (exact) mass is 409 g/mol. The Bertz CT molecular complexity index is 1060. The summed E-state index contributed by atoms with van der Waals surface area (Å²) in [5, 5.41) is 4.33. The number of carbonyl (C=O) groups excluding carboxylic acids is 1. The zero-order valence-electron chi connectivity index (χ0n) is 14.5. The van der Waals surface area contributed by atoms with E-state index in [9.17, 15) is 9.59 Å². The highest BCUT2D eigenvalue weighted by atomic mass is 35.5. The second-order valence-corrected chi connectivity index (χ2v) is 8.12. The second kappa shape index (κ2) is 7.39. The average Bonchev–Trinajstić information content (AvgIpc) is 2.88. The maximum atomic E-state index is 12.7. The number of benzene rings is 1. The first-order valence-corrected chi connectivity index (χ1v) is 9.54. The van der Waals surface area contributed by atoms with Gasteiger partial charge in [0.1, 0.15) is 11.4 Å². The van der Waals surface area contributed by atoms with Crippen LogP contribution in [0.1, 0.15) is 29.0 Å². The summed E-state index contributed by atoms with van der Waals surface area (Å²) in [6.45, 7) is 5.60. The van der Waals surface area contributed by atoms with Gasteiger partial charge in [0.05, 0.1) is 27.8 Å². The minimum Gasteiger partial charge on any atom is -0.348 e. The molecule has 0 bridgehead atoms. The number of hydrogen-bond donors (Lipinski definition) is 1. The van der Waals surface area contributed by atoms with Crippen LogP contribution in [0.2, 0.25) is 10.0 Å². The molecule has 0 saturated heterocycles. The van der Waals surface area contributed by atoms with E-state index in [2.05, 4.69) is 10.3 Å². The summed E-state index contributed by atoms with van der Waals surface area (Å²) >= 11 is 13.4. The minimum absolute atomic E-state index is 0.0955. The molecular weight excluding hydrogens is 393 g/mol. The largest absolute Gasteiger partial charge is 0.348 e. The molecule has 5 nitrogen and oxygen atoms in total. The van der Waals surface area contributed by atoms with E-state index in [0.717, 1.165) is 16.0 Å². The van der Waals surface area contributed by atoms with Crippen LogP contribution in [0.25, 0.3) is 10.2 Å². The van der Waals surface area contributed by atoms with E-state index in [1.165, 1.54) is 22.2 Å². The van der Waals surface area contributed by atoms with Crippen molar-refractivity contribution in [1.29, 1.82) is 0 Å². The number of aryl methyl sites for hydroxylation is 2. The predicted octanol–water partition coefficient (Wildman–Crippen LogP) is 4.26. The molecular formula is C18H17Cl2N3O2S. The molecule has 136 valence electrons. The van der Waals surface area contributed by atoms with Crippen molar-refractivity contribution >= 4 is 50.7 Å². The lowest BCUT2D eigenvalue weighted by atomic mass is 10.1. The highest BCUT2D eigenvalue weighted by molar-refractivity contribution is 7.18. The van der Waals surface area contributed by atoms with Crippen molar-refractivity contribution in [3.05, 3.63) is 60.9 Å². The standard InChI is InChI=1S/C18H17Cl2N3O2S/c1-9-11(3)26-17-16(9)18(25)23(8-21-17)7-15(24)22-10(2)12-4-5-13(19)14(20)6-12/h4-6,8,10H,7H2,1-3H3,(H,22,24)/t10-/m1/s1. The number of aromatic nitrogens is 2. The molecule has 26 heavy (non-hydrogen) atoms. The lowest BCUT2D eigenvalue weighted by Gasteiger charge is -2.15. The molecule has 0 radical (unpaired) electrons. The Kier molecular flexibility index (Phi) is 5.37. The van der Waals surface area contributed by atoms with Crippen LogP contribution < -0.4 is 10.9 Å². The van der Waals surface area contributed by atoms with Crippen molar-refractivity contribution in [2.24, 2.45) is 0 Å². The van der Waals surface area contributed by atoms with Crippen molar-refractivity contribution < 1.29 is 4.79 Å². The van der Waals surface area contributed by atoms with Gasteiger partial charge in [0.25, 0.3) is 5.56 Å². The molecule has 1 amide bonds. The number of carbonyl (C=O) groups is 1. The fourth-order valence-corrected chi connectivity index (χ4v) is 3.98. The van der Waals surface area contributed by atoms with Gasteiger partial charge in [-0.2, -0.15) is 0 Å². The second-order valence-electron chi connectivity index (χ2n) is 6.10. The number of thiophene rings is 1. The molecule has 2 heterocycles. The van der Waals surface area contributed by atoms with Crippen molar-refractivity contribution in [2.45, 2.75) is 33.4 Å². The number of amides is 1. The lowest BCUT2D eigenvalue weighted by molar-refractivity contribution is -0.122. The van der Waals surface area contributed by atoms with E-state index in [1.807, 2.05) is 20.8 Å². The van der Waals surface area contributed by atoms with Crippen molar-refractivity contribution in [2.75, 3.05) is 0 Å². The van der Waals surface area contributed by atoms with Gasteiger partial charge in [0, 0.05) is 4.88 Å². The summed E-state index contributed by atoms with van der Waals surface area (Å²) < 4.78 is 1.33. The van der Waals surface area contributed by atoms with Crippen molar-refractivity contribution in [3.63, 3.8) is 0 Å². The highest BCUT2D eigenvalue weighted by Gasteiger charge is 2.15. The highest BCUT2D eigenvalue weighted by Crippen LogP contribution is 2.26. The minimum atomic E-state index is -0.281. The molecule has 3 rings (SSSR count). The SMILES string of the molecule is Cc1sc2ncn(CC(=O)N[C@H](C)c3ccc(Cl)c(Cl)c3)c(=O)c2c1C. The Morgan fingerprint density at radius 3 is 2.73 bits per heavy atom. The summed E-state index contributed by atoms with van der Waals surface area (Å²) in [6, 6.07) is 4.93. The van der Waals surface area contributed by atoms with E-state index in [1.54, 1.807) is 18.2 Å². The molecule has 8 heteroatoms. The topological polar surface area (TPSA) is 64.0 Å². The number of hydrogen-bond acceptors (Lipinski definition) is 4. The quantitative estimate of drug-likeness (QED) is 0.699. The van der Waals surface area contributed by atoms with E-state index in [4.69, 9.17) is 23.2 Å². The van der Waals surface area contributed by atoms with E-state index in [0.29, 0.717) is 20.3 Å². The molecule has 1 aromatic carbocycles. The number of nitrogens with zero attached hydrogens (tertiary/aromatic N) is 2. The van der Waals surface area contributed by atoms with Crippen LogP contribution in [0.3, 0.4) is 0 Å². The van der Waals surface area contributed by atoms with E-state index >= 15 is 0 Å². The Hall–Kier alpha value is -1.89. The molecule has 1 N–H and O–H groups in total. The number of halogens is 2. The molecule has 1 atom stereocenters. The molecule has 0 fully saturated rings. The number of rotatable bonds is 4. The van der Waals surface area contributed by atoms with E-state index < -0.39 is 0 Å². The molecule has 0 aliphatic carbocycles. The first-order chi connectivity index (χ1) is 12.3. The van der Waals surface area contributed by atoms with Gasteiger partial charge >= 0.3 is 0 Å². The third-order valence-corrected chi connectivity index (χ3v) is 6.15. The maximum Gasteiger partial charge on any atom is 0.262 e. The van der Waals surface area contributed by atoms with Gasteiger partial charge in [-0.05, 0) is 44.0 Å². The van der Waals surface area contributed by atoms with Crippen molar-refractivity contribution in [1.82, 2.24) is 14.9 Å². The normalized spacial score (nSPS) is 12.3. The van der Waals surface area contributed by atoms with Crippen molar-refractivity contribution in [3.8, 4) is 0 Å². The summed E-state index contributed by atoms with van der Waals surface area (Å²) in [5.74, 6) is -0.281. The van der Waals surface area contributed by atoms with Crippen LogP contribution in [0.5, 0.6) is 0 Å². The van der Waals surface area contributed by atoms with Crippen LogP contribution in [0.4, 0.5) is 0 Å². The Morgan fingerprint density at radius 1 is 1.31 bits per heavy atom. The summed E-state index contributed by atoms with van der Waals surface area (Å²) in [4.78, 5) is 31.1. The molecule has 0 saturated carbocycles. The first-order valence-electron chi connectivity index (χ1n) is 7.97. The maximum absolute atomic E-state index is 12.7. The van der Waals surface area contributed by atoms with Crippen LogP contribution >= 0.6 is 34.5 Å². The molecule has 0 aliphatic heterocycles. The summed E-state index contributed by atoms with van der Waals surface area (Å²) in [6.07, 6.45) is 1.42. The molecule has 3 aromatic rings. The Balaban J connectivity index is 1.78. The molecule has 0 unspecified atom stereocenters. The average molecular weight is 410 g/mol. The Morgan fingerprint density at radius 2 is 2.04 bits per heavy atom. The fraction of sp³-hybridized carbons (Fsp3) is 0.278. The van der Waals surface area contributed by atoms with Gasteiger partial charge in [-0.25, -0.2) is 4.98 Å². The zero-order valence-corrected chi connectivity index (χ0v) is 16.8. The molecule has 2 aromatic heterocycles. The van der Waals surface area contributed by atoms with Crippen LogP contribution in [0, 0.1) is 13.8 Å². The van der Waals surface area contributed by atoms with Gasteiger partial charge in [-0.3, -0.25) is 14.2 Å². The van der Waals surface area contributed by atoms with Crippen LogP contribution in [0.15, 0.2) is 29.3 Å². The Labute approximate surface area is 164 Å². The van der Waals surface area contributed by atoms with Gasteiger partial charge in [0.15, 0.2) is 0 Å². The van der Waals surface area contributed by atoms with Gasteiger partial charge < -0.3 is 5.32 Å². The van der Waals surface area contributed by atoms with Crippen LogP contribution in [-0.4, -0.2) is 15.5 Å². The first kappa shape index (κ1) is 18.9. The smallest absolute Gasteiger partial charge is 0.262 e. The summed E-state index contributed by atoms with van der Waals surface area (Å²) in [5.41, 5.74) is 1.55. The molecule has 0 spiro atoms. The lowest BCUT2D eigenvalue weighted by Crippen LogP contribution is -2.34. The predicted molar refractivity (Wildman–Crippen MR) is 106 cm³/mol. The fourth-order valence-electron chi connectivity index (χ4n) is 2.69. The molecule has 0 aliphatic rings. The number of nitrogens with one attached hydrogen (secondary N) is 1. The summed E-state index contributed by atoms with van der Waals surface area (Å²) in [7, 11) is 0. The number of fused-ring (bicyclic) bond motifs is 1.